The molecule has 0 radical (unpaired) electrons. The van der Waals surface area contributed by atoms with E-state index in [4.69, 9.17) is 11.6 Å². The first kappa shape index (κ1) is 14.0. The lowest BCUT2D eigenvalue weighted by molar-refractivity contribution is 0.599. The van der Waals surface area contributed by atoms with Gasteiger partial charge in [-0.3, -0.25) is 0 Å². The highest BCUT2D eigenvalue weighted by Gasteiger charge is 2.05. The molecule has 0 aliphatic heterocycles. The maximum absolute atomic E-state index is 13.6. The van der Waals surface area contributed by atoms with E-state index in [0.717, 1.165) is 25.2 Å². The number of nitrogens with zero attached hydrogens (tertiary/aromatic N) is 2. The molecule has 19 heavy (non-hydrogen) atoms. The predicted octanol–water partition coefficient (Wildman–Crippen LogP) is 2.88. The zero-order chi connectivity index (χ0) is 13.7. The van der Waals surface area contributed by atoms with Crippen LogP contribution in [0.15, 0.2) is 30.7 Å². The first-order valence-electron chi connectivity index (χ1n) is 6.34. The van der Waals surface area contributed by atoms with Gasteiger partial charge in [-0.2, -0.15) is 0 Å². The van der Waals surface area contributed by atoms with Crippen molar-refractivity contribution in [3.05, 3.63) is 52.8 Å². The molecule has 0 amide bonds. The van der Waals surface area contributed by atoms with Crippen molar-refractivity contribution in [2.75, 3.05) is 13.1 Å². The van der Waals surface area contributed by atoms with E-state index in [1.54, 1.807) is 18.5 Å². The summed E-state index contributed by atoms with van der Waals surface area (Å²) in [7, 11) is 0. The van der Waals surface area contributed by atoms with Crippen molar-refractivity contribution < 1.29 is 4.39 Å². The van der Waals surface area contributed by atoms with Crippen molar-refractivity contribution in [3.8, 4) is 0 Å². The van der Waals surface area contributed by atoms with E-state index in [9.17, 15) is 4.39 Å². The normalized spacial score (nSPS) is 10.9. The van der Waals surface area contributed by atoms with Crippen LogP contribution in [-0.2, 0) is 13.0 Å². The molecule has 0 fully saturated rings. The van der Waals surface area contributed by atoms with Gasteiger partial charge in [0.05, 0.1) is 18.6 Å². The Bertz CT molecular complexity index is 539. The molecular formula is C14H17ClFN3. The lowest BCUT2D eigenvalue weighted by atomic mass is 10.2. The summed E-state index contributed by atoms with van der Waals surface area (Å²) in [5.41, 5.74) is 1.58. The molecule has 0 saturated carbocycles. The van der Waals surface area contributed by atoms with Gasteiger partial charge in [0.1, 0.15) is 5.82 Å². The summed E-state index contributed by atoms with van der Waals surface area (Å²) < 4.78 is 15.5. The summed E-state index contributed by atoms with van der Waals surface area (Å²) in [6.45, 7) is 4.37. The summed E-state index contributed by atoms with van der Waals surface area (Å²) in [4.78, 5) is 4.30. The average Bonchev–Trinajstić information content (AvgIpc) is 2.82. The molecule has 3 nitrogen and oxygen atoms in total. The van der Waals surface area contributed by atoms with Crippen LogP contribution in [-0.4, -0.2) is 22.6 Å². The Kier molecular flexibility index (Phi) is 4.93. The van der Waals surface area contributed by atoms with E-state index in [2.05, 4.69) is 17.2 Å². The Morgan fingerprint density at radius 2 is 2.26 bits per heavy atom. The smallest absolute Gasteiger partial charge is 0.128 e. The molecule has 0 atom stereocenters. The first-order valence-corrected chi connectivity index (χ1v) is 6.72. The number of hydrogen-bond acceptors (Lipinski definition) is 2. The molecule has 0 aliphatic rings. The highest BCUT2D eigenvalue weighted by molar-refractivity contribution is 6.30. The second-order valence-corrected chi connectivity index (χ2v) is 4.81. The van der Waals surface area contributed by atoms with Gasteiger partial charge in [-0.15, -0.1) is 0 Å². The largest absolute Gasteiger partial charge is 0.333 e. The van der Waals surface area contributed by atoms with Gasteiger partial charge in [-0.25, -0.2) is 9.37 Å². The molecule has 1 aromatic carbocycles. The fourth-order valence-electron chi connectivity index (χ4n) is 1.88. The third kappa shape index (κ3) is 4.04. The third-order valence-corrected chi connectivity index (χ3v) is 3.09. The lowest BCUT2D eigenvalue weighted by Gasteiger charge is -2.04. The van der Waals surface area contributed by atoms with E-state index < -0.39 is 0 Å². The summed E-state index contributed by atoms with van der Waals surface area (Å²) in [6.07, 6.45) is 4.54. The van der Waals surface area contributed by atoms with Crippen LogP contribution >= 0.6 is 11.6 Å². The average molecular weight is 282 g/mol. The lowest BCUT2D eigenvalue weighted by Crippen LogP contribution is -2.16. The van der Waals surface area contributed by atoms with Crippen molar-refractivity contribution in [2.45, 2.75) is 19.9 Å². The van der Waals surface area contributed by atoms with Crippen LogP contribution in [0.1, 0.15) is 18.2 Å². The highest BCUT2D eigenvalue weighted by Crippen LogP contribution is 2.16. The van der Waals surface area contributed by atoms with Crippen LogP contribution < -0.4 is 5.32 Å². The minimum Gasteiger partial charge on any atom is -0.333 e. The van der Waals surface area contributed by atoms with Gasteiger partial charge >= 0.3 is 0 Å². The minimum absolute atomic E-state index is 0.243. The highest BCUT2D eigenvalue weighted by atomic mass is 35.5. The predicted molar refractivity (Wildman–Crippen MR) is 75.0 cm³/mol. The number of rotatable bonds is 6. The number of imidazole rings is 1. The number of hydrogen-bond donors (Lipinski definition) is 1. The molecule has 1 heterocycles. The van der Waals surface area contributed by atoms with E-state index in [1.165, 1.54) is 6.07 Å². The monoisotopic (exact) mass is 281 g/mol. The maximum atomic E-state index is 13.6. The molecule has 102 valence electrons. The Balaban J connectivity index is 2.01. The molecular weight excluding hydrogens is 265 g/mol. The van der Waals surface area contributed by atoms with E-state index in [0.29, 0.717) is 17.1 Å². The Morgan fingerprint density at radius 3 is 3.05 bits per heavy atom. The van der Waals surface area contributed by atoms with Crippen LogP contribution in [0.25, 0.3) is 0 Å². The Labute approximate surface area is 117 Å². The zero-order valence-corrected chi connectivity index (χ0v) is 11.6. The first-order chi connectivity index (χ1) is 9.19. The van der Waals surface area contributed by atoms with Crippen LogP contribution in [0.5, 0.6) is 0 Å². The van der Waals surface area contributed by atoms with Crippen molar-refractivity contribution in [1.29, 1.82) is 0 Å². The Hall–Kier alpha value is -1.39. The quantitative estimate of drug-likeness (QED) is 0.825. The van der Waals surface area contributed by atoms with Gasteiger partial charge in [0, 0.05) is 29.7 Å². The molecule has 0 bridgehead atoms. The van der Waals surface area contributed by atoms with Crippen LogP contribution in [0, 0.1) is 5.82 Å². The molecule has 0 saturated heterocycles. The number of likely N-dealkylation sites (N-methyl/N-ethyl adjacent to an activating group) is 1. The molecule has 5 heteroatoms. The topological polar surface area (TPSA) is 29.9 Å². The Morgan fingerprint density at radius 1 is 1.42 bits per heavy atom. The molecule has 2 rings (SSSR count). The molecule has 0 aliphatic carbocycles. The van der Waals surface area contributed by atoms with E-state index in [1.807, 2.05) is 10.8 Å². The zero-order valence-electron chi connectivity index (χ0n) is 10.9. The number of aromatic nitrogens is 2. The van der Waals surface area contributed by atoms with Crippen molar-refractivity contribution >= 4 is 11.6 Å². The van der Waals surface area contributed by atoms with Gasteiger partial charge in [0.2, 0.25) is 0 Å². The van der Waals surface area contributed by atoms with E-state index in [-0.39, 0.29) is 5.82 Å². The van der Waals surface area contributed by atoms with Gasteiger partial charge in [-0.1, -0.05) is 18.5 Å². The summed E-state index contributed by atoms with van der Waals surface area (Å²) in [6, 6.07) is 4.59. The third-order valence-electron chi connectivity index (χ3n) is 2.86. The number of halogens is 2. The molecule has 1 N–H and O–H groups in total. The summed E-state index contributed by atoms with van der Waals surface area (Å²) in [5.74, 6) is -0.243. The van der Waals surface area contributed by atoms with Crippen molar-refractivity contribution in [1.82, 2.24) is 14.9 Å². The molecule has 0 spiro atoms. The fourth-order valence-corrected chi connectivity index (χ4v) is 2.07. The van der Waals surface area contributed by atoms with E-state index >= 15 is 0 Å². The van der Waals surface area contributed by atoms with Gasteiger partial charge in [0.15, 0.2) is 0 Å². The van der Waals surface area contributed by atoms with Gasteiger partial charge in [0.25, 0.3) is 0 Å². The van der Waals surface area contributed by atoms with Gasteiger partial charge < -0.3 is 9.88 Å². The minimum atomic E-state index is -0.243. The van der Waals surface area contributed by atoms with Gasteiger partial charge in [-0.05, 0) is 24.7 Å². The van der Waals surface area contributed by atoms with Crippen molar-refractivity contribution in [3.63, 3.8) is 0 Å². The molecule has 2 aromatic rings. The second kappa shape index (κ2) is 6.68. The van der Waals surface area contributed by atoms with Crippen LogP contribution in [0.3, 0.4) is 0 Å². The van der Waals surface area contributed by atoms with Crippen LogP contribution in [0.2, 0.25) is 5.02 Å². The number of nitrogens with one attached hydrogen (secondary N) is 1. The molecule has 1 aromatic heterocycles. The fraction of sp³-hybridized carbons (Fsp3) is 0.357. The summed E-state index contributed by atoms with van der Waals surface area (Å²) >= 11 is 5.87. The van der Waals surface area contributed by atoms with Crippen molar-refractivity contribution in [2.24, 2.45) is 0 Å². The van der Waals surface area contributed by atoms with Crippen LogP contribution in [0.4, 0.5) is 4.39 Å². The number of benzene rings is 1. The molecule has 0 unspecified atom stereocenters. The summed E-state index contributed by atoms with van der Waals surface area (Å²) in [5, 5.41) is 3.79. The maximum Gasteiger partial charge on any atom is 0.128 e. The SMILES string of the molecule is CCNCCc1cn(Cc2cc(Cl)ccc2F)cn1. The second-order valence-electron chi connectivity index (χ2n) is 4.38. The standard InChI is InChI=1S/C14H17ClFN3/c1-2-17-6-5-13-9-19(10-18-13)8-11-7-12(15)3-4-14(11)16/h3-4,7,9-10,17H,2,5-6,8H2,1H3.